The Labute approximate surface area is 143 Å². The molecule has 1 aromatic heterocycles. The van der Waals surface area contributed by atoms with Gasteiger partial charge in [0.15, 0.2) is 5.82 Å². The SMILES string of the molecule is Cc1cc(N2CCN(C(=O)Nc3cc(Cl)ccc3Cl)CC2)no1. The molecule has 0 spiro atoms. The lowest BCUT2D eigenvalue weighted by atomic mass is 10.3. The van der Waals surface area contributed by atoms with Crippen LogP contribution in [0.5, 0.6) is 0 Å². The number of benzene rings is 1. The van der Waals surface area contributed by atoms with E-state index >= 15 is 0 Å². The number of carbonyl (C=O) groups is 1. The zero-order valence-corrected chi connectivity index (χ0v) is 14.1. The molecule has 122 valence electrons. The van der Waals surface area contributed by atoms with Crippen molar-refractivity contribution in [3.05, 3.63) is 40.1 Å². The first-order valence-corrected chi connectivity index (χ1v) is 7.98. The molecule has 0 atom stereocenters. The molecule has 0 aliphatic carbocycles. The van der Waals surface area contributed by atoms with E-state index in [0.29, 0.717) is 41.9 Å². The number of nitrogens with one attached hydrogen (secondary N) is 1. The fourth-order valence-corrected chi connectivity index (χ4v) is 2.77. The van der Waals surface area contributed by atoms with Crippen LogP contribution in [0.2, 0.25) is 10.0 Å². The van der Waals surface area contributed by atoms with Crippen molar-refractivity contribution in [1.82, 2.24) is 10.1 Å². The third kappa shape index (κ3) is 3.71. The van der Waals surface area contributed by atoms with Crippen LogP contribution < -0.4 is 10.2 Å². The number of urea groups is 1. The van der Waals surface area contributed by atoms with Gasteiger partial charge in [0.1, 0.15) is 5.76 Å². The molecule has 0 unspecified atom stereocenters. The zero-order valence-electron chi connectivity index (χ0n) is 12.6. The van der Waals surface area contributed by atoms with E-state index in [1.54, 1.807) is 23.1 Å². The summed E-state index contributed by atoms with van der Waals surface area (Å²) in [6.07, 6.45) is 0. The minimum atomic E-state index is -0.190. The number of halogens is 2. The maximum absolute atomic E-state index is 12.3. The minimum Gasteiger partial charge on any atom is -0.360 e. The van der Waals surface area contributed by atoms with Crippen molar-refractivity contribution in [2.45, 2.75) is 6.92 Å². The molecule has 23 heavy (non-hydrogen) atoms. The largest absolute Gasteiger partial charge is 0.360 e. The number of anilines is 2. The van der Waals surface area contributed by atoms with E-state index in [1.807, 2.05) is 13.0 Å². The fourth-order valence-electron chi connectivity index (χ4n) is 2.43. The Morgan fingerprint density at radius 1 is 1.22 bits per heavy atom. The highest BCUT2D eigenvalue weighted by atomic mass is 35.5. The highest BCUT2D eigenvalue weighted by Gasteiger charge is 2.23. The van der Waals surface area contributed by atoms with E-state index in [9.17, 15) is 4.79 Å². The number of aryl methyl sites for hydroxylation is 1. The molecule has 1 aromatic carbocycles. The molecule has 2 heterocycles. The summed E-state index contributed by atoms with van der Waals surface area (Å²) in [5.41, 5.74) is 0.513. The van der Waals surface area contributed by atoms with Crippen LogP contribution in [0.25, 0.3) is 0 Å². The lowest BCUT2D eigenvalue weighted by Gasteiger charge is -2.34. The topological polar surface area (TPSA) is 61.6 Å². The summed E-state index contributed by atoms with van der Waals surface area (Å²) in [6, 6.07) is 6.67. The molecule has 0 bridgehead atoms. The van der Waals surface area contributed by atoms with Gasteiger partial charge in [-0.15, -0.1) is 0 Å². The Hall–Kier alpha value is -1.92. The summed E-state index contributed by atoms with van der Waals surface area (Å²) in [5, 5.41) is 7.78. The fraction of sp³-hybridized carbons (Fsp3) is 0.333. The second-order valence-corrected chi connectivity index (χ2v) is 6.17. The molecule has 8 heteroatoms. The molecule has 1 aliphatic heterocycles. The first-order valence-electron chi connectivity index (χ1n) is 7.22. The zero-order chi connectivity index (χ0) is 16.4. The van der Waals surface area contributed by atoms with Gasteiger partial charge >= 0.3 is 6.03 Å². The number of nitrogens with zero attached hydrogens (tertiary/aromatic N) is 3. The summed E-state index contributed by atoms with van der Waals surface area (Å²) in [7, 11) is 0. The van der Waals surface area contributed by atoms with E-state index < -0.39 is 0 Å². The monoisotopic (exact) mass is 354 g/mol. The van der Waals surface area contributed by atoms with Crippen molar-refractivity contribution in [3.63, 3.8) is 0 Å². The first kappa shape index (κ1) is 16.0. The van der Waals surface area contributed by atoms with Gasteiger partial charge in [-0.05, 0) is 25.1 Å². The highest BCUT2D eigenvalue weighted by Crippen LogP contribution is 2.26. The average molecular weight is 355 g/mol. The van der Waals surface area contributed by atoms with Gasteiger partial charge in [-0.25, -0.2) is 4.79 Å². The van der Waals surface area contributed by atoms with Crippen molar-refractivity contribution in [1.29, 1.82) is 0 Å². The molecule has 1 aliphatic rings. The van der Waals surface area contributed by atoms with Crippen LogP contribution in [0.15, 0.2) is 28.8 Å². The smallest absolute Gasteiger partial charge is 0.322 e. The van der Waals surface area contributed by atoms with E-state index in [1.165, 1.54) is 0 Å². The Kier molecular flexibility index (Phi) is 4.63. The van der Waals surface area contributed by atoms with Crippen LogP contribution in [-0.2, 0) is 0 Å². The highest BCUT2D eigenvalue weighted by molar-refractivity contribution is 6.35. The van der Waals surface area contributed by atoms with E-state index in [4.69, 9.17) is 27.7 Å². The summed E-state index contributed by atoms with van der Waals surface area (Å²) in [5.74, 6) is 1.58. The molecular formula is C15H16Cl2N4O2. The number of amides is 2. The lowest BCUT2D eigenvalue weighted by Crippen LogP contribution is -2.50. The normalized spacial score (nSPS) is 14.9. The summed E-state index contributed by atoms with van der Waals surface area (Å²) >= 11 is 12.0. The van der Waals surface area contributed by atoms with Crippen LogP contribution in [0.3, 0.4) is 0 Å². The van der Waals surface area contributed by atoms with Crippen LogP contribution in [-0.4, -0.2) is 42.3 Å². The minimum absolute atomic E-state index is 0.190. The molecule has 3 rings (SSSR count). The van der Waals surface area contributed by atoms with Crippen molar-refractivity contribution in [2.75, 3.05) is 36.4 Å². The molecule has 1 saturated heterocycles. The van der Waals surface area contributed by atoms with Crippen LogP contribution in [0.1, 0.15) is 5.76 Å². The van der Waals surface area contributed by atoms with Gasteiger partial charge in [0.05, 0.1) is 10.7 Å². The van der Waals surface area contributed by atoms with Gasteiger partial charge < -0.3 is 19.6 Å². The maximum atomic E-state index is 12.3. The van der Waals surface area contributed by atoms with Gasteiger partial charge in [0, 0.05) is 37.3 Å². The third-order valence-corrected chi connectivity index (χ3v) is 4.24. The van der Waals surface area contributed by atoms with Crippen molar-refractivity contribution in [2.24, 2.45) is 0 Å². The number of rotatable bonds is 2. The predicted molar refractivity (Wildman–Crippen MR) is 90.5 cm³/mol. The maximum Gasteiger partial charge on any atom is 0.322 e. The van der Waals surface area contributed by atoms with E-state index in [-0.39, 0.29) is 6.03 Å². The number of carbonyl (C=O) groups excluding carboxylic acids is 1. The molecular weight excluding hydrogens is 339 g/mol. The number of hydrogen-bond donors (Lipinski definition) is 1. The Morgan fingerprint density at radius 3 is 2.61 bits per heavy atom. The molecule has 0 saturated carbocycles. The molecule has 2 amide bonds. The number of hydrogen-bond acceptors (Lipinski definition) is 4. The molecule has 1 N–H and O–H groups in total. The number of piperazine rings is 1. The quantitative estimate of drug-likeness (QED) is 0.893. The van der Waals surface area contributed by atoms with Crippen molar-refractivity contribution >= 4 is 40.7 Å². The molecule has 2 aromatic rings. The van der Waals surface area contributed by atoms with E-state index in [0.717, 1.165) is 11.6 Å². The van der Waals surface area contributed by atoms with Crippen LogP contribution in [0, 0.1) is 6.92 Å². The summed E-state index contributed by atoms with van der Waals surface area (Å²) in [6.45, 7) is 4.44. The summed E-state index contributed by atoms with van der Waals surface area (Å²) < 4.78 is 5.08. The second-order valence-electron chi connectivity index (χ2n) is 5.32. The first-order chi connectivity index (χ1) is 11.0. The summed E-state index contributed by atoms with van der Waals surface area (Å²) in [4.78, 5) is 16.2. The lowest BCUT2D eigenvalue weighted by molar-refractivity contribution is 0.208. The average Bonchev–Trinajstić information content (AvgIpc) is 2.97. The van der Waals surface area contributed by atoms with Gasteiger partial charge in [-0.1, -0.05) is 28.4 Å². The number of aromatic nitrogens is 1. The van der Waals surface area contributed by atoms with Gasteiger partial charge in [-0.3, -0.25) is 0 Å². The third-order valence-electron chi connectivity index (χ3n) is 3.68. The Bertz CT molecular complexity index is 711. The predicted octanol–water partition coefficient (Wildman–Crippen LogP) is 3.64. The van der Waals surface area contributed by atoms with Crippen molar-refractivity contribution < 1.29 is 9.32 Å². The molecule has 1 fully saturated rings. The van der Waals surface area contributed by atoms with Gasteiger partial charge in [-0.2, -0.15) is 0 Å². The van der Waals surface area contributed by atoms with Gasteiger partial charge in [0.2, 0.25) is 0 Å². The van der Waals surface area contributed by atoms with Crippen LogP contribution >= 0.6 is 23.2 Å². The molecule has 0 radical (unpaired) electrons. The Balaban J connectivity index is 1.59. The van der Waals surface area contributed by atoms with Crippen LogP contribution in [0.4, 0.5) is 16.3 Å². The van der Waals surface area contributed by atoms with Gasteiger partial charge in [0.25, 0.3) is 0 Å². The standard InChI is InChI=1S/C15H16Cl2N4O2/c1-10-8-14(19-23-10)20-4-6-21(7-5-20)15(22)18-13-9-11(16)2-3-12(13)17/h2-3,8-9H,4-7H2,1H3,(H,18,22). The van der Waals surface area contributed by atoms with Crippen molar-refractivity contribution in [3.8, 4) is 0 Å². The molecule has 6 nitrogen and oxygen atoms in total. The second kappa shape index (κ2) is 6.68. The Morgan fingerprint density at radius 2 is 1.96 bits per heavy atom. The van der Waals surface area contributed by atoms with E-state index in [2.05, 4.69) is 15.4 Å².